The summed E-state index contributed by atoms with van der Waals surface area (Å²) in [5.74, 6) is 0.118. The number of aromatic nitrogens is 1. The molecule has 10 heteroatoms. The fraction of sp³-hybridized carbons (Fsp3) is 0.238. The summed E-state index contributed by atoms with van der Waals surface area (Å²) in [7, 11) is 0. The second-order valence-electron chi connectivity index (χ2n) is 7.11. The molecule has 1 heterocycles. The molecule has 1 saturated carbocycles. The fourth-order valence-corrected chi connectivity index (χ4v) is 3.14. The van der Waals surface area contributed by atoms with E-state index >= 15 is 0 Å². The van der Waals surface area contributed by atoms with Crippen molar-refractivity contribution in [3.05, 3.63) is 53.1 Å². The summed E-state index contributed by atoms with van der Waals surface area (Å²) in [6.07, 6.45) is 3.40. The monoisotopic (exact) mass is 426 g/mol. The number of hydrogen-bond donors (Lipinski definition) is 3. The molecule has 2 aromatic carbocycles. The molecule has 1 aliphatic rings. The molecule has 3 aromatic rings. The highest BCUT2D eigenvalue weighted by Gasteiger charge is 2.23. The molecule has 0 unspecified atom stereocenters. The highest BCUT2D eigenvalue weighted by atomic mass is 16.5. The number of rotatable bonds is 7. The quantitative estimate of drug-likeness (QED) is 0.471. The Morgan fingerprint density at radius 1 is 1.19 bits per heavy atom. The summed E-state index contributed by atoms with van der Waals surface area (Å²) in [4.78, 5) is 22.9. The van der Waals surface area contributed by atoms with E-state index in [0.717, 1.165) is 18.9 Å². The molecule has 0 radical (unpaired) electrons. The van der Waals surface area contributed by atoms with E-state index in [4.69, 9.17) is 9.26 Å². The first-order valence-corrected chi connectivity index (χ1v) is 9.46. The van der Waals surface area contributed by atoms with Crippen LogP contribution in [0.25, 0.3) is 11.3 Å². The van der Waals surface area contributed by atoms with Crippen molar-refractivity contribution >= 4 is 11.6 Å². The van der Waals surface area contributed by atoms with E-state index in [9.17, 15) is 19.9 Å². The number of nitroso groups, excluding NO2 is 1. The summed E-state index contributed by atoms with van der Waals surface area (Å²) in [6, 6.07) is 9.77. The number of nitrogens with one attached hydrogen (secondary N) is 1. The molecular formula is C21H20N3O7-. The summed E-state index contributed by atoms with van der Waals surface area (Å²) in [5, 5.41) is 29.7. The van der Waals surface area contributed by atoms with Gasteiger partial charge in [0.25, 0.3) is 5.91 Å². The van der Waals surface area contributed by atoms with Gasteiger partial charge in [0.1, 0.15) is 34.2 Å². The number of aromatic hydroxyl groups is 2. The van der Waals surface area contributed by atoms with Crippen LogP contribution < -0.4 is 10.1 Å². The first-order valence-electron chi connectivity index (χ1n) is 9.46. The minimum Gasteiger partial charge on any atom is -0.870 e. The number of benzene rings is 2. The normalized spacial score (nSPS) is 13.0. The number of phenolic OH excluding ortho intramolecular Hbond substituents is 2. The van der Waals surface area contributed by atoms with Crippen LogP contribution in [0.4, 0.5) is 5.69 Å². The molecule has 10 nitrogen and oxygen atoms in total. The molecule has 4 rings (SSSR count). The molecule has 0 saturated heterocycles. The van der Waals surface area contributed by atoms with Crippen LogP contribution in [0, 0.1) is 10.8 Å². The lowest BCUT2D eigenvalue weighted by molar-refractivity contribution is 0.0930. The van der Waals surface area contributed by atoms with Crippen molar-refractivity contribution in [2.75, 3.05) is 6.54 Å². The Labute approximate surface area is 176 Å². The number of amides is 1. The lowest BCUT2D eigenvalue weighted by Gasteiger charge is -2.24. The average molecular weight is 426 g/mol. The van der Waals surface area contributed by atoms with Crippen LogP contribution >= 0.6 is 0 Å². The van der Waals surface area contributed by atoms with E-state index < -0.39 is 0 Å². The zero-order chi connectivity index (χ0) is 21.1. The molecule has 0 aliphatic heterocycles. The summed E-state index contributed by atoms with van der Waals surface area (Å²) in [5.41, 5.74) is 0.425. The van der Waals surface area contributed by atoms with Crippen LogP contribution in [-0.2, 0) is 0 Å². The van der Waals surface area contributed by atoms with Gasteiger partial charge < -0.3 is 30.3 Å². The highest BCUT2D eigenvalue weighted by Crippen LogP contribution is 2.43. The van der Waals surface area contributed by atoms with Gasteiger partial charge in [0, 0.05) is 24.7 Å². The van der Waals surface area contributed by atoms with E-state index in [-0.39, 0.29) is 51.3 Å². The van der Waals surface area contributed by atoms with Gasteiger partial charge in [0.2, 0.25) is 0 Å². The van der Waals surface area contributed by atoms with E-state index in [2.05, 4.69) is 15.7 Å². The van der Waals surface area contributed by atoms with Gasteiger partial charge in [-0.05, 0) is 48.2 Å². The van der Waals surface area contributed by atoms with E-state index in [0.29, 0.717) is 18.2 Å². The van der Waals surface area contributed by atoms with Crippen molar-refractivity contribution in [2.45, 2.75) is 19.3 Å². The minimum absolute atomic E-state index is 0. The van der Waals surface area contributed by atoms with Gasteiger partial charge in [-0.25, -0.2) is 0 Å². The molecular weight excluding hydrogens is 406 g/mol. The maximum atomic E-state index is 12.3. The van der Waals surface area contributed by atoms with Gasteiger partial charge in [0.05, 0.1) is 0 Å². The minimum atomic E-state index is -0.366. The Morgan fingerprint density at radius 3 is 2.58 bits per heavy atom. The van der Waals surface area contributed by atoms with Gasteiger partial charge >= 0.3 is 0 Å². The topological polar surface area (TPSA) is 164 Å². The third-order valence-corrected chi connectivity index (χ3v) is 5.00. The van der Waals surface area contributed by atoms with Crippen molar-refractivity contribution in [1.82, 2.24) is 10.5 Å². The van der Waals surface area contributed by atoms with Crippen molar-refractivity contribution < 1.29 is 29.7 Å². The predicted molar refractivity (Wildman–Crippen MR) is 109 cm³/mol. The van der Waals surface area contributed by atoms with Crippen molar-refractivity contribution in [3.63, 3.8) is 0 Å². The van der Waals surface area contributed by atoms with Gasteiger partial charge in [0.15, 0.2) is 11.5 Å². The van der Waals surface area contributed by atoms with Crippen LogP contribution in [0.5, 0.6) is 23.0 Å². The molecule has 1 amide bonds. The van der Waals surface area contributed by atoms with Gasteiger partial charge in [-0.1, -0.05) is 11.6 Å². The molecule has 0 bridgehead atoms. The lowest BCUT2D eigenvalue weighted by atomic mass is 9.85. The standard InChI is InChI=1S/C21H19N3O6.H2O/c25-14-8-17(26)20(18(9-14)29-15-6-4-13(23-28)5-7-15)19-10-16(24-30-19)21(27)22-11-12-2-1-3-12;/h4-10,12,25-26H,1-3,11H2,(H,22,27);1H2/p-1. The SMILES string of the molecule is O=Nc1ccc(Oc2cc(O)cc(O)c2-c2cc(C(=O)NCC3CCC3)no2)cc1.[OH-]. The maximum Gasteiger partial charge on any atom is 0.273 e. The summed E-state index contributed by atoms with van der Waals surface area (Å²) >= 11 is 0. The fourth-order valence-electron chi connectivity index (χ4n) is 3.14. The predicted octanol–water partition coefficient (Wildman–Crippen LogP) is 4.30. The summed E-state index contributed by atoms with van der Waals surface area (Å²) in [6.45, 7) is 0.589. The Kier molecular flexibility index (Phi) is 6.51. The molecule has 31 heavy (non-hydrogen) atoms. The number of carbonyl (C=O) groups excluding carboxylic acids is 1. The molecule has 1 fully saturated rings. The van der Waals surface area contributed by atoms with Gasteiger partial charge in [-0.2, -0.15) is 0 Å². The smallest absolute Gasteiger partial charge is 0.273 e. The number of carbonyl (C=O) groups is 1. The Bertz CT molecular complexity index is 1080. The number of ether oxygens (including phenoxy) is 1. The van der Waals surface area contributed by atoms with Crippen LogP contribution in [-0.4, -0.2) is 33.3 Å². The zero-order valence-electron chi connectivity index (χ0n) is 16.3. The molecule has 0 atom stereocenters. The number of hydrogen-bond acceptors (Lipinski definition) is 9. The second-order valence-corrected chi connectivity index (χ2v) is 7.11. The molecule has 1 aliphatic carbocycles. The molecule has 162 valence electrons. The molecule has 4 N–H and O–H groups in total. The Hall–Kier alpha value is -3.92. The van der Waals surface area contributed by atoms with Crippen LogP contribution in [0.3, 0.4) is 0 Å². The van der Waals surface area contributed by atoms with Gasteiger partial charge in [-0.15, -0.1) is 4.91 Å². The lowest BCUT2D eigenvalue weighted by Crippen LogP contribution is -2.32. The Morgan fingerprint density at radius 2 is 1.94 bits per heavy atom. The molecule has 0 spiro atoms. The highest BCUT2D eigenvalue weighted by molar-refractivity contribution is 5.93. The first kappa shape index (κ1) is 21.8. The van der Waals surface area contributed by atoms with E-state index in [1.807, 2.05) is 0 Å². The zero-order valence-corrected chi connectivity index (χ0v) is 16.3. The van der Waals surface area contributed by atoms with Crippen molar-refractivity contribution in [1.29, 1.82) is 0 Å². The first-order chi connectivity index (χ1) is 14.5. The third kappa shape index (κ3) is 4.81. The van der Waals surface area contributed by atoms with Crippen LogP contribution in [0.15, 0.2) is 52.2 Å². The summed E-state index contributed by atoms with van der Waals surface area (Å²) < 4.78 is 11.0. The third-order valence-electron chi connectivity index (χ3n) is 5.00. The van der Waals surface area contributed by atoms with Crippen LogP contribution in [0.2, 0.25) is 0 Å². The van der Waals surface area contributed by atoms with Crippen LogP contribution in [0.1, 0.15) is 29.8 Å². The number of nitrogens with zero attached hydrogens (tertiary/aromatic N) is 2. The largest absolute Gasteiger partial charge is 0.870 e. The average Bonchev–Trinajstić information content (AvgIpc) is 3.16. The van der Waals surface area contributed by atoms with E-state index in [1.54, 1.807) is 0 Å². The van der Waals surface area contributed by atoms with E-state index in [1.165, 1.54) is 42.8 Å². The second kappa shape index (κ2) is 9.26. The van der Waals surface area contributed by atoms with Crippen molar-refractivity contribution in [2.24, 2.45) is 11.1 Å². The number of phenols is 2. The maximum absolute atomic E-state index is 12.3. The Balaban J connectivity index is 0.00000272. The molecule has 1 aromatic heterocycles. The van der Waals surface area contributed by atoms with Gasteiger partial charge in [-0.3, -0.25) is 4.79 Å². The van der Waals surface area contributed by atoms with Crippen molar-refractivity contribution in [3.8, 4) is 34.3 Å².